The molecule has 2 aliphatic rings. The number of methoxy groups -OCH3 is 1. The van der Waals surface area contributed by atoms with Gasteiger partial charge in [-0.15, -0.1) is 0 Å². The first-order chi connectivity index (χ1) is 7.85. The third-order valence-corrected chi connectivity index (χ3v) is 5.46. The monoisotopic (exact) mass is 256 g/mol. The highest BCUT2D eigenvalue weighted by molar-refractivity contribution is 8.13. The van der Waals surface area contributed by atoms with Gasteiger partial charge < -0.3 is 10.1 Å². The molecule has 1 aliphatic carbocycles. The van der Waals surface area contributed by atoms with Crippen LogP contribution in [0.15, 0.2) is 4.99 Å². The van der Waals surface area contributed by atoms with Crippen molar-refractivity contribution in [1.82, 2.24) is 5.32 Å². The van der Waals surface area contributed by atoms with E-state index in [9.17, 15) is 0 Å². The Balaban J connectivity index is 1.90. The maximum Gasteiger partial charge on any atom is 0.156 e. The molecule has 2 unspecified atom stereocenters. The third kappa shape index (κ3) is 2.63. The predicted octanol–water partition coefficient (Wildman–Crippen LogP) is 2.52. The molecule has 2 atom stereocenters. The van der Waals surface area contributed by atoms with E-state index in [1.165, 1.54) is 0 Å². The Hall–Kier alpha value is -0.220. The van der Waals surface area contributed by atoms with Crippen molar-refractivity contribution in [2.45, 2.75) is 46.3 Å². The summed E-state index contributed by atoms with van der Waals surface area (Å²) in [4.78, 5) is 4.65. The molecule has 0 aromatic rings. The van der Waals surface area contributed by atoms with Gasteiger partial charge in [0.25, 0.3) is 0 Å². The summed E-state index contributed by atoms with van der Waals surface area (Å²) in [6.07, 6.45) is 1.47. The molecule has 1 saturated carbocycles. The Labute approximate surface area is 109 Å². The maximum atomic E-state index is 5.47. The van der Waals surface area contributed by atoms with Gasteiger partial charge in [-0.05, 0) is 11.8 Å². The Bertz CT molecular complexity index is 325. The lowest BCUT2D eigenvalue weighted by atomic mass is 9.64. The van der Waals surface area contributed by atoms with Gasteiger partial charge in [-0.3, -0.25) is 4.99 Å². The van der Waals surface area contributed by atoms with Crippen molar-refractivity contribution < 1.29 is 4.74 Å². The van der Waals surface area contributed by atoms with Crippen LogP contribution in [0.25, 0.3) is 0 Å². The highest BCUT2D eigenvalue weighted by Crippen LogP contribution is 2.43. The first kappa shape index (κ1) is 13.2. The number of amidine groups is 1. The van der Waals surface area contributed by atoms with Crippen LogP contribution in [-0.4, -0.2) is 36.7 Å². The van der Waals surface area contributed by atoms with Crippen LogP contribution >= 0.6 is 11.8 Å². The zero-order valence-electron chi connectivity index (χ0n) is 11.5. The molecule has 0 amide bonds. The number of rotatable bonds is 2. The molecular weight excluding hydrogens is 232 g/mol. The molecule has 1 aliphatic heterocycles. The Kier molecular flexibility index (Phi) is 3.47. The first-order valence-corrected chi connectivity index (χ1v) is 7.30. The number of thioether (sulfide) groups is 1. The Morgan fingerprint density at radius 3 is 2.53 bits per heavy atom. The lowest BCUT2D eigenvalue weighted by Gasteiger charge is -2.51. The van der Waals surface area contributed by atoms with E-state index in [0.717, 1.165) is 23.9 Å². The second-order valence-electron chi connectivity index (χ2n) is 6.55. The molecule has 1 fully saturated rings. The van der Waals surface area contributed by atoms with Gasteiger partial charge in [-0.25, -0.2) is 0 Å². The van der Waals surface area contributed by atoms with Crippen LogP contribution in [0.3, 0.4) is 0 Å². The van der Waals surface area contributed by atoms with E-state index >= 15 is 0 Å². The highest BCUT2D eigenvalue weighted by Gasteiger charge is 2.49. The van der Waals surface area contributed by atoms with Gasteiger partial charge in [-0.1, -0.05) is 39.5 Å². The summed E-state index contributed by atoms with van der Waals surface area (Å²) in [5, 5.41) is 4.70. The quantitative estimate of drug-likeness (QED) is 0.824. The number of aliphatic imine (C=N–C) groups is 1. The zero-order chi connectivity index (χ0) is 12.7. The van der Waals surface area contributed by atoms with E-state index in [4.69, 9.17) is 4.74 Å². The number of hydrogen-bond acceptors (Lipinski definition) is 4. The Morgan fingerprint density at radius 1 is 1.35 bits per heavy atom. The minimum absolute atomic E-state index is 0.213. The van der Waals surface area contributed by atoms with E-state index in [-0.39, 0.29) is 5.41 Å². The molecule has 98 valence electrons. The predicted molar refractivity (Wildman–Crippen MR) is 74.7 cm³/mol. The topological polar surface area (TPSA) is 33.6 Å². The summed E-state index contributed by atoms with van der Waals surface area (Å²) in [5.41, 5.74) is 0.560. The fourth-order valence-corrected chi connectivity index (χ4v) is 3.41. The summed E-state index contributed by atoms with van der Waals surface area (Å²) < 4.78 is 5.47. The number of nitrogens with one attached hydrogen (secondary N) is 1. The van der Waals surface area contributed by atoms with Crippen molar-refractivity contribution in [2.24, 2.45) is 15.8 Å². The third-order valence-electron chi connectivity index (χ3n) is 4.01. The second-order valence-corrected chi connectivity index (χ2v) is 7.52. The van der Waals surface area contributed by atoms with Crippen molar-refractivity contribution >= 4 is 16.9 Å². The second kappa shape index (κ2) is 4.47. The average Bonchev–Trinajstić information content (AvgIpc) is 2.25. The molecular formula is C13H24N2OS. The van der Waals surface area contributed by atoms with Crippen LogP contribution in [0, 0.1) is 10.8 Å². The van der Waals surface area contributed by atoms with Gasteiger partial charge in [0, 0.05) is 30.9 Å². The molecule has 0 spiro atoms. The van der Waals surface area contributed by atoms with Crippen LogP contribution in [0.4, 0.5) is 0 Å². The highest BCUT2D eigenvalue weighted by atomic mass is 32.2. The van der Waals surface area contributed by atoms with E-state index in [1.807, 2.05) is 11.8 Å². The molecule has 0 aromatic heterocycles. The summed E-state index contributed by atoms with van der Waals surface area (Å²) in [7, 11) is 1.80. The summed E-state index contributed by atoms with van der Waals surface area (Å²) in [6.45, 7) is 10.0. The van der Waals surface area contributed by atoms with E-state index in [0.29, 0.717) is 17.6 Å². The minimum Gasteiger partial charge on any atom is -0.381 e. The summed E-state index contributed by atoms with van der Waals surface area (Å²) >= 11 is 1.86. The van der Waals surface area contributed by atoms with Crippen molar-refractivity contribution in [3.8, 4) is 0 Å². The van der Waals surface area contributed by atoms with Gasteiger partial charge >= 0.3 is 0 Å². The minimum atomic E-state index is 0.213. The summed E-state index contributed by atoms with van der Waals surface area (Å²) in [5.74, 6) is 1.15. The van der Waals surface area contributed by atoms with Crippen LogP contribution in [-0.2, 0) is 4.74 Å². The lowest BCUT2D eigenvalue weighted by Crippen LogP contribution is -2.61. The largest absolute Gasteiger partial charge is 0.381 e. The fourth-order valence-electron chi connectivity index (χ4n) is 2.41. The fraction of sp³-hybridized carbons (Fsp3) is 0.923. The van der Waals surface area contributed by atoms with Gasteiger partial charge in [0.15, 0.2) is 5.17 Å². The molecule has 4 heteroatoms. The molecule has 1 N–H and O–H groups in total. The summed E-state index contributed by atoms with van der Waals surface area (Å²) in [6, 6.07) is 0.500. The van der Waals surface area contributed by atoms with Crippen molar-refractivity contribution in [2.75, 3.05) is 19.4 Å². The number of hydrogen-bond donors (Lipinski definition) is 1. The molecule has 3 nitrogen and oxygen atoms in total. The Morgan fingerprint density at radius 2 is 2.06 bits per heavy atom. The van der Waals surface area contributed by atoms with Crippen LogP contribution in [0.1, 0.15) is 34.1 Å². The normalized spacial score (nSPS) is 34.8. The van der Waals surface area contributed by atoms with Crippen LogP contribution < -0.4 is 5.32 Å². The molecule has 2 rings (SSSR count). The number of nitrogens with zero attached hydrogens (tertiary/aromatic N) is 1. The van der Waals surface area contributed by atoms with Crippen molar-refractivity contribution in [3.63, 3.8) is 0 Å². The molecule has 17 heavy (non-hydrogen) atoms. The molecule has 1 heterocycles. The van der Waals surface area contributed by atoms with E-state index < -0.39 is 0 Å². The standard InChI is InChI=1S/C13H24N2OS/c1-12(2)7-14-11(17-8-12)15-9-6-10(16-5)13(9,3)4/h9-10H,6-8H2,1-5H3,(H,14,15). The first-order valence-electron chi connectivity index (χ1n) is 6.32. The maximum absolute atomic E-state index is 5.47. The zero-order valence-corrected chi connectivity index (χ0v) is 12.4. The van der Waals surface area contributed by atoms with Gasteiger partial charge in [0.1, 0.15) is 0 Å². The molecule has 0 radical (unpaired) electrons. The van der Waals surface area contributed by atoms with E-state index in [1.54, 1.807) is 7.11 Å². The van der Waals surface area contributed by atoms with Crippen LogP contribution in [0.5, 0.6) is 0 Å². The lowest BCUT2D eigenvalue weighted by molar-refractivity contribution is -0.0918. The average molecular weight is 256 g/mol. The van der Waals surface area contributed by atoms with Gasteiger partial charge in [-0.2, -0.15) is 0 Å². The molecule has 0 saturated heterocycles. The van der Waals surface area contributed by atoms with Crippen LogP contribution in [0.2, 0.25) is 0 Å². The van der Waals surface area contributed by atoms with Gasteiger partial charge in [0.2, 0.25) is 0 Å². The molecule has 0 bridgehead atoms. The van der Waals surface area contributed by atoms with Crippen molar-refractivity contribution in [1.29, 1.82) is 0 Å². The SMILES string of the molecule is COC1CC(NC2=NCC(C)(C)CS2)C1(C)C. The van der Waals surface area contributed by atoms with Crippen molar-refractivity contribution in [3.05, 3.63) is 0 Å². The molecule has 0 aromatic carbocycles. The van der Waals surface area contributed by atoms with Gasteiger partial charge in [0.05, 0.1) is 6.10 Å². The van der Waals surface area contributed by atoms with E-state index in [2.05, 4.69) is 38.0 Å². The smallest absolute Gasteiger partial charge is 0.156 e. The number of ether oxygens (including phenoxy) is 1.